The molecule has 0 bridgehead atoms. The van der Waals surface area contributed by atoms with Crippen molar-refractivity contribution in [2.24, 2.45) is 4.99 Å². The summed E-state index contributed by atoms with van der Waals surface area (Å²) in [5.41, 5.74) is 2.25. The van der Waals surface area contributed by atoms with Crippen LogP contribution >= 0.6 is 11.3 Å². The number of benzene rings is 1. The molecule has 1 atom stereocenters. The van der Waals surface area contributed by atoms with Crippen LogP contribution in [0.3, 0.4) is 0 Å². The lowest BCUT2D eigenvalue weighted by Gasteiger charge is -2.25. The Morgan fingerprint density at radius 1 is 1.22 bits per heavy atom. The van der Waals surface area contributed by atoms with Gasteiger partial charge in [0, 0.05) is 12.4 Å². The lowest BCUT2D eigenvalue weighted by Crippen LogP contribution is -2.40. The van der Waals surface area contributed by atoms with Gasteiger partial charge >= 0.3 is 5.97 Å². The van der Waals surface area contributed by atoms with E-state index in [0.717, 1.165) is 11.1 Å². The largest absolute Gasteiger partial charge is 0.497 e. The summed E-state index contributed by atoms with van der Waals surface area (Å²) < 4.78 is 13.0. The van der Waals surface area contributed by atoms with Crippen molar-refractivity contribution in [2.75, 3.05) is 7.11 Å². The Labute approximate surface area is 189 Å². The Kier molecular flexibility index (Phi) is 6.05. The molecule has 1 aliphatic rings. The van der Waals surface area contributed by atoms with E-state index in [2.05, 4.69) is 9.98 Å². The summed E-state index contributed by atoms with van der Waals surface area (Å²) in [5, 5.41) is 0. The molecule has 4 rings (SSSR count). The summed E-state index contributed by atoms with van der Waals surface area (Å²) in [5.74, 6) is 0.144. The number of thiazole rings is 1. The van der Waals surface area contributed by atoms with Gasteiger partial charge in [0.25, 0.3) is 5.56 Å². The first-order chi connectivity index (χ1) is 15.4. The van der Waals surface area contributed by atoms with Gasteiger partial charge in [-0.1, -0.05) is 23.5 Å². The Morgan fingerprint density at radius 3 is 2.66 bits per heavy atom. The minimum Gasteiger partial charge on any atom is -0.497 e. The highest BCUT2D eigenvalue weighted by Crippen LogP contribution is 2.32. The number of pyridine rings is 1. The molecule has 32 heavy (non-hydrogen) atoms. The van der Waals surface area contributed by atoms with Gasteiger partial charge in [-0.25, -0.2) is 9.79 Å². The summed E-state index contributed by atoms with van der Waals surface area (Å²) in [6.07, 6.45) is 4.85. The summed E-state index contributed by atoms with van der Waals surface area (Å²) >= 11 is 1.29. The number of hydrogen-bond donors (Lipinski definition) is 0. The summed E-state index contributed by atoms with van der Waals surface area (Å²) in [6.45, 7) is 5.35. The highest BCUT2D eigenvalue weighted by atomic mass is 32.1. The van der Waals surface area contributed by atoms with Crippen molar-refractivity contribution in [2.45, 2.75) is 32.9 Å². The lowest BCUT2D eigenvalue weighted by molar-refractivity contribution is -0.143. The average Bonchev–Trinajstić information content (AvgIpc) is 3.07. The molecule has 1 aliphatic heterocycles. The first-order valence-electron chi connectivity index (χ1n) is 10.2. The van der Waals surface area contributed by atoms with E-state index in [9.17, 15) is 9.59 Å². The molecule has 0 fully saturated rings. The van der Waals surface area contributed by atoms with Crippen molar-refractivity contribution in [1.82, 2.24) is 9.55 Å². The Bertz CT molecular complexity index is 1370. The molecule has 0 radical (unpaired) electrons. The number of carbonyl (C=O) groups is 1. The van der Waals surface area contributed by atoms with Crippen LogP contribution in [0.25, 0.3) is 6.08 Å². The monoisotopic (exact) mass is 449 g/mol. The SMILES string of the molecule is COc1cccc([C@H]2C(C(=O)OC(C)C)=C(C)N=c3s/c(=C/c4ccncc4)c(=O)n32)c1. The standard InChI is InChI=1S/C24H23N3O4S/c1-14(2)31-23(29)20-15(3)26-24-27(21(20)17-6-5-7-18(13-17)30-4)22(28)19(32-24)12-16-8-10-25-11-9-16/h5-14,21H,1-4H3/b19-12+/t21-/m0/s1. The van der Waals surface area contributed by atoms with Crippen molar-refractivity contribution in [3.63, 3.8) is 0 Å². The van der Waals surface area contributed by atoms with E-state index in [1.807, 2.05) is 36.4 Å². The van der Waals surface area contributed by atoms with Gasteiger partial charge in [0.15, 0.2) is 4.80 Å². The van der Waals surface area contributed by atoms with Crippen molar-refractivity contribution >= 4 is 23.4 Å². The van der Waals surface area contributed by atoms with Gasteiger partial charge in [-0.3, -0.25) is 14.3 Å². The first kappa shape index (κ1) is 21.7. The second-order valence-corrected chi connectivity index (χ2v) is 8.60. The second kappa shape index (κ2) is 8.92. The number of carbonyl (C=O) groups excluding carboxylic acids is 1. The number of esters is 1. The minimum absolute atomic E-state index is 0.222. The number of aromatic nitrogens is 2. The molecule has 0 saturated heterocycles. The maximum atomic E-state index is 13.5. The number of fused-ring (bicyclic) bond motifs is 1. The Morgan fingerprint density at radius 2 is 1.97 bits per heavy atom. The molecule has 1 aromatic carbocycles. The van der Waals surface area contributed by atoms with Crippen molar-refractivity contribution < 1.29 is 14.3 Å². The van der Waals surface area contributed by atoms with Crippen LogP contribution in [0.4, 0.5) is 0 Å². The number of hydrogen-bond acceptors (Lipinski definition) is 7. The van der Waals surface area contributed by atoms with Crippen LogP contribution < -0.4 is 19.6 Å². The molecule has 2 aromatic heterocycles. The fourth-order valence-corrected chi connectivity index (χ4v) is 4.64. The number of ether oxygens (including phenoxy) is 2. The van der Waals surface area contributed by atoms with Crippen LogP contribution in [0.2, 0.25) is 0 Å². The fourth-order valence-electron chi connectivity index (χ4n) is 3.60. The summed E-state index contributed by atoms with van der Waals surface area (Å²) in [6, 6.07) is 10.3. The molecule has 8 heteroatoms. The number of rotatable bonds is 5. The highest BCUT2D eigenvalue weighted by Gasteiger charge is 2.34. The molecule has 0 spiro atoms. The van der Waals surface area contributed by atoms with E-state index < -0.39 is 12.0 Å². The van der Waals surface area contributed by atoms with E-state index >= 15 is 0 Å². The van der Waals surface area contributed by atoms with Gasteiger partial charge in [-0.15, -0.1) is 0 Å². The zero-order valence-corrected chi connectivity index (χ0v) is 19.1. The van der Waals surface area contributed by atoms with Crippen LogP contribution in [0.5, 0.6) is 5.75 Å². The summed E-state index contributed by atoms with van der Waals surface area (Å²) in [7, 11) is 1.58. The average molecular weight is 450 g/mol. The van der Waals surface area contributed by atoms with Crippen molar-refractivity contribution in [1.29, 1.82) is 0 Å². The third-order valence-corrected chi connectivity index (χ3v) is 5.98. The van der Waals surface area contributed by atoms with E-state index in [-0.39, 0.29) is 11.7 Å². The van der Waals surface area contributed by atoms with E-state index in [1.54, 1.807) is 50.9 Å². The maximum absolute atomic E-state index is 13.5. The molecule has 0 aliphatic carbocycles. The molecule has 0 saturated carbocycles. The van der Waals surface area contributed by atoms with Gasteiger partial charge < -0.3 is 9.47 Å². The third-order valence-electron chi connectivity index (χ3n) is 5.00. The third kappa shape index (κ3) is 4.13. The van der Waals surface area contributed by atoms with Gasteiger partial charge in [0.2, 0.25) is 0 Å². The topological polar surface area (TPSA) is 82.8 Å². The van der Waals surface area contributed by atoms with Crippen LogP contribution in [0, 0.1) is 0 Å². The predicted molar refractivity (Wildman–Crippen MR) is 122 cm³/mol. The van der Waals surface area contributed by atoms with Gasteiger partial charge in [0.1, 0.15) is 5.75 Å². The molecular formula is C24H23N3O4S. The van der Waals surface area contributed by atoms with Crippen LogP contribution in [-0.2, 0) is 9.53 Å². The van der Waals surface area contributed by atoms with E-state index in [4.69, 9.17) is 9.47 Å². The van der Waals surface area contributed by atoms with E-state index in [1.165, 1.54) is 11.3 Å². The Hall–Kier alpha value is -3.52. The van der Waals surface area contributed by atoms with Gasteiger partial charge in [-0.2, -0.15) is 0 Å². The molecule has 7 nitrogen and oxygen atoms in total. The van der Waals surface area contributed by atoms with E-state index in [0.29, 0.717) is 26.4 Å². The zero-order chi connectivity index (χ0) is 22.8. The molecular weight excluding hydrogens is 426 g/mol. The number of nitrogens with zero attached hydrogens (tertiary/aromatic N) is 3. The minimum atomic E-state index is -0.674. The zero-order valence-electron chi connectivity index (χ0n) is 18.2. The highest BCUT2D eigenvalue weighted by molar-refractivity contribution is 7.07. The normalized spacial score (nSPS) is 16.0. The van der Waals surface area contributed by atoms with Crippen LogP contribution in [0.1, 0.15) is 37.9 Å². The van der Waals surface area contributed by atoms with Gasteiger partial charge in [-0.05, 0) is 62.2 Å². The summed E-state index contributed by atoms with van der Waals surface area (Å²) in [4.78, 5) is 35.7. The van der Waals surface area contributed by atoms with Crippen molar-refractivity contribution in [3.05, 3.63) is 90.9 Å². The molecule has 0 N–H and O–H groups in total. The first-order valence-corrected chi connectivity index (χ1v) is 11.0. The maximum Gasteiger partial charge on any atom is 0.338 e. The van der Waals surface area contributed by atoms with Gasteiger partial charge in [0.05, 0.1) is 35.1 Å². The smallest absolute Gasteiger partial charge is 0.338 e. The second-order valence-electron chi connectivity index (χ2n) is 7.59. The lowest BCUT2D eigenvalue weighted by atomic mass is 9.95. The molecule has 0 unspecified atom stereocenters. The molecule has 3 aromatic rings. The molecule has 3 heterocycles. The van der Waals surface area contributed by atoms with Crippen LogP contribution in [0.15, 0.2) is 69.8 Å². The number of methoxy groups -OCH3 is 1. The fraction of sp³-hybridized carbons (Fsp3) is 0.250. The molecule has 164 valence electrons. The van der Waals surface area contributed by atoms with Crippen molar-refractivity contribution in [3.8, 4) is 5.75 Å². The molecule has 0 amide bonds. The Balaban J connectivity index is 1.96. The van der Waals surface area contributed by atoms with Crippen LogP contribution in [-0.4, -0.2) is 28.7 Å². The quantitative estimate of drug-likeness (QED) is 0.559. The number of allylic oxidation sites excluding steroid dienone is 1. The predicted octanol–water partition coefficient (Wildman–Crippen LogP) is 2.59.